The van der Waals surface area contributed by atoms with Crippen molar-refractivity contribution in [2.45, 2.75) is 0 Å². The lowest BCUT2D eigenvalue weighted by Crippen LogP contribution is -2.35. The van der Waals surface area contributed by atoms with E-state index in [0.29, 0.717) is 5.56 Å². The van der Waals surface area contributed by atoms with Gasteiger partial charge < -0.3 is 0 Å². The highest BCUT2D eigenvalue weighted by Gasteiger charge is 2.21. The van der Waals surface area contributed by atoms with Crippen molar-refractivity contribution >= 4 is 17.4 Å². The molecular formula is C17H12N3O+. The molecule has 1 heterocycles. The number of aromatic nitrogens is 1. The molecule has 2 aromatic rings. The van der Waals surface area contributed by atoms with E-state index in [2.05, 4.69) is 0 Å². The maximum absolute atomic E-state index is 12.6. The van der Waals surface area contributed by atoms with Gasteiger partial charge in [-0.2, -0.15) is 9.83 Å². The number of nitrogens with zero attached hydrogens (tertiary/aromatic N) is 2. The van der Waals surface area contributed by atoms with Gasteiger partial charge in [-0.3, -0.25) is 10.2 Å². The number of carbonyl (C=O) groups excluding carboxylic acids is 1. The van der Waals surface area contributed by atoms with Crippen molar-refractivity contribution in [3.63, 3.8) is 0 Å². The third-order valence-corrected chi connectivity index (χ3v) is 2.80. The average Bonchev–Trinajstić information content (AvgIpc) is 2.57. The van der Waals surface area contributed by atoms with Gasteiger partial charge in [-0.15, -0.1) is 0 Å². The summed E-state index contributed by atoms with van der Waals surface area (Å²) in [5.41, 5.74) is 0.797. The van der Waals surface area contributed by atoms with E-state index in [9.17, 15) is 4.79 Å². The van der Waals surface area contributed by atoms with E-state index in [1.165, 1.54) is 6.08 Å². The van der Waals surface area contributed by atoms with Gasteiger partial charge in [0.05, 0.1) is 0 Å². The summed E-state index contributed by atoms with van der Waals surface area (Å²) >= 11 is 0. The molecule has 100 valence electrons. The molecule has 0 saturated heterocycles. The summed E-state index contributed by atoms with van der Waals surface area (Å²) < 4.78 is 1.62. The lowest BCUT2D eigenvalue weighted by atomic mass is 10.1. The third kappa shape index (κ3) is 3.38. The summed E-state index contributed by atoms with van der Waals surface area (Å²) in [6, 6.07) is 16.0. The topological polar surface area (TPSA) is 68.6 Å². The van der Waals surface area contributed by atoms with Crippen molar-refractivity contribution in [2.75, 3.05) is 0 Å². The Bertz CT molecular complexity index is 765. The maximum atomic E-state index is 12.6. The number of ketones is 1. The summed E-state index contributed by atoms with van der Waals surface area (Å²) in [6.45, 7) is 0. The normalized spacial score (nSPS) is 10.3. The summed E-state index contributed by atoms with van der Waals surface area (Å²) in [4.78, 5) is 12.6. The number of Topliss-reactive ketones (excluding diaryl/α,β-unsaturated/α-hetero) is 1. The molecule has 2 rings (SSSR count). The quantitative estimate of drug-likeness (QED) is 0.232. The van der Waals surface area contributed by atoms with Crippen LogP contribution in [0, 0.1) is 16.7 Å². The molecule has 0 unspecified atom stereocenters. The maximum Gasteiger partial charge on any atom is 0.260 e. The van der Waals surface area contributed by atoms with Gasteiger partial charge in [0.2, 0.25) is 0 Å². The monoisotopic (exact) mass is 274 g/mol. The van der Waals surface area contributed by atoms with Crippen molar-refractivity contribution < 1.29 is 9.36 Å². The van der Waals surface area contributed by atoms with Crippen LogP contribution in [0.3, 0.4) is 0 Å². The smallest absolute Gasteiger partial charge is 0.260 e. The second-order valence-electron chi connectivity index (χ2n) is 4.16. The van der Waals surface area contributed by atoms with E-state index < -0.39 is 0 Å². The molecule has 0 aliphatic heterocycles. The van der Waals surface area contributed by atoms with Crippen LogP contribution in [0.5, 0.6) is 0 Å². The number of hydrogen-bond acceptors (Lipinski definition) is 3. The minimum Gasteiger partial charge on any atom is -0.282 e. The van der Waals surface area contributed by atoms with Gasteiger partial charge >= 0.3 is 0 Å². The van der Waals surface area contributed by atoms with Gasteiger partial charge in [-0.1, -0.05) is 36.4 Å². The van der Waals surface area contributed by atoms with E-state index in [0.717, 1.165) is 0 Å². The van der Waals surface area contributed by atoms with Crippen LogP contribution in [-0.4, -0.2) is 11.7 Å². The minimum absolute atomic E-state index is 0.00867. The SMILES string of the molecule is N#CC(=C=N)/C=C(/C(=O)c1ccccc1)[n+]1ccccc1. The highest BCUT2D eigenvalue weighted by Crippen LogP contribution is 2.10. The number of nitrogens with one attached hydrogen (secondary N) is 1. The first-order valence-electron chi connectivity index (χ1n) is 6.24. The molecule has 0 spiro atoms. The van der Waals surface area contributed by atoms with Gasteiger partial charge in [-0.25, -0.2) is 0 Å². The summed E-state index contributed by atoms with van der Waals surface area (Å²) in [6.07, 6.45) is 4.79. The lowest BCUT2D eigenvalue weighted by Gasteiger charge is -2.01. The number of carbonyl (C=O) groups is 1. The van der Waals surface area contributed by atoms with Crippen LogP contribution in [0.15, 0.2) is 72.6 Å². The Morgan fingerprint density at radius 1 is 1.10 bits per heavy atom. The van der Waals surface area contributed by atoms with Crippen molar-refractivity contribution in [3.8, 4) is 6.07 Å². The Balaban J connectivity index is 2.55. The van der Waals surface area contributed by atoms with Crippen molar-refractivity contribution in [3.05, 3.63) is 78.1 Å². The minimum atomic E-state index is -0.227. The van der Waals surface area contributed by atoms with Crippen LogP contribution in [-0.2, 0) is 0 Å². The predicted octanol–water partition coefficient (Wildman–Crippen LogP) is 2.40. The fourth-order valence-electron chi connectivity index (χ4n) is 1.79. The fourth-order valence-corrected chi connectivity index (χ4v) is 1.79. The van der Waals surface area contributed by atoms with Crippen LogP contribution < -0.4 is 4.57 Å². The number of hydrogen-bond donors (Lipinski definition) is 1. The number of allylic oxidation sites excluding steroid dienone is 3. The van der Waals surface area contributed by atoms with Crippen LogP contribution >= 0.6 is 0 Å². The van der Waals surface area contributed by atoms with E-state index in [-0.39, 0.29) is 17.1 Å². The molecule has 0 radical (unpaired) electrons. The Hall–Kier alpha value is -3.28. The Morgan fingerprint density at radius 3 is 2.29 bits per heavy atom. The van der Waals surface area contributed by atoms with Gasteiger partial charge in [0.25, 0.3) is 11.5 Å². The first-order valence-corrected chi connectivity index (χ1v) is 6.24. The van der Waals surface area contributed by atoms with E-state index >= 15 is 0 Å². The molecule has 1 N–H and O–H groups in total. The zero-order valence-corrected chi connectivity index (χ0v) is 11.2. The Kier molecular flexibility index (Phi) is 4.55. The second kappa shape index (κ2) is 6.76. The molecule has 0 aliphatic carbocycles. The van der Waals surface area contributed by atoms with Crippen LogP contribution in [0.4, 0.5) is 0 Å². The van der Waals surface area contributed by atoms with E-state index in [4.69, 9.17) is 10.7 Å². The first-order chi connectivity index (χ1) is 10.3. The molecule has 0 aliphatic rings. The first kappa shape index (κ1) is 14.1. The molecule has 0 bridgehead atoms. The largest absolute Gasteiger partial charge is 0.282 e. The van der Waals surface area contributed by atoms with Crippen molar-refractivity contribution in [1.29, 1.82) is 10.7 Å². The molecule has 0 fully saturated rings. The van der Waals surface area contributed by atoms with Gasteiger partial charge in [0.15, 0.2) is 12.4 Å². The molecule has 21 heavy (non-hydrogen) atoms. The van der Waals surface area contributed by atoms with Gasteiger partial charge in [-0.05, 0) is 5.87 Å². The Labute approximate surface area is 122 Å². The third-order valence-electron chi connectivity index (χ3n) is 2.80. The Morgan fingerprint density at radius 2 is 1.71 bits per heavy atom. The molecule has 4 heteroatoms. The molecule has 0 saturated carbocycles. The average molecular weight is 274 g/mol. The molecular weight excluding hydrogens is 262 g/mol. The standard InChI is InChI=1S/C17H12N3O/c18-12-14(13-19)11-16(20-9-5-2-6-10-20)17(21)15-7-3-1-4-8-15/h1-11,18H/q+1/b16-11-. The summed E-state index contributed by atoms with van der Waals surface area (Å²) in [5, 5.41) is 16.0. The van der Waals surface area contributed by atoms with Crippen LogP contribution in [0.2, 0.25) is 0 Å². The molecule has 1 aromatic carbocycles. The van der Waals surface area contributed by atoms with Gasteiger partial charge in [0, 0.05) is 23.8 Å². The number of benzene rings is 1. The predicted molar refractivity (Wildman–Crippen MR) is 78.5 cm³/mol. The molecule has 0 amide bonds. The van der Waals surface area contributed by atoms with E-state index in [1.54, 1.807) is 53.4 Å². The summed E-state index contributed by atoms with van der Waals surface area (Å²) in [5.74, 6) is 1.79. The van der Waals surface area contributed by atoms with E-state index in [1.807, 2.05) is 24.1 Å². The second-order valence-corrected chi connectivity index (χ2v) is 4.16. The number of pyridine rings is 1. The summed E-state index contributed by atoms with van der Waals surface area (Å²) in [7, 11) is 0. The van der Waals surface area contributed by atoms with Crippen LogP contribution in [0.25, 0.3) is 5.70 Å². The van der Waals surface area contributed by atoms with Crippen molar-refractivity contribution in [2.24, 2.45) is 0 Å². The molecule has 1 aromatic heterocycles. The fraction of sp³-hybridized carbons (Fsp3) is 0. The highest BCUT2D eigenvalue weighted by molar-refractivity contribution is 6.22. The molecule has 4 nitrogen and oxygen atoms in total. The lowest BCUT2D eigenvalue weighted by molar-refractivity contribution is -0.576. The van der Waals surface area contributed by atoms with Gasteiger partial charge in [0.1, 0.15) is 11.6 Å². The van der Waals surface area contributed by atoms with Crippen molar-refractivity contribution in [1.82, 2.24) is 0 Å². The highest BCUT2D eigenvalue weighted by atomic mass is 16.1. The zero-order chi connectivity index (χ0) is 15.1. The zero-order valence-electron chi connectivity index (χ0n) is 11.2. The number of rotatable bonds is 4. The number of nitriles is 1. The van der Waals surface area contributed by atoms with Crippen LogP contribution in [0.1, 0.15) is 10.4 Å². The molecule has 0 atom stereocenters.